The van der Waals surface area contributed by atoms with Crippen molar-refractivity contribution in [3.8, 4) is 28.4 Å². The lowest BCUT2D eigenvalue weighted by molar-refractivity contribution is -0.131. The van der Waals surface area contributed by atoms with Crippen LogP contribution >= 0.6 is 0 Å². The first-order valence-electron chi connectivity index (χ1n) is 16.7. The first-order chi connectivity index (χ1) is 24.9. The number of amides is 2. The molecule has 6 heterocycles. The van der Waals surface area contributed by atoms with Crippen molar-refractivity contribution in [3.05, 3.63) is 78.4 Å². The molecule has 0 unspecified atom stereocenters. The predicted octanol–water partition coefficient (Wildman–Crippen LogP) is 4.05. The quantitative estimate of drug-likeness (QED) is 0.227. The van der Waals surface area contributed by atoms with Crippen LogP contribution in [-0.4, -0.2) is 112 Å². The van der Waals surface area contributed by atoms with Crippen molar-refractivity contribution < 1.29 is 28.2 Å². The van der Waals surface area contributed by atoms with Gasteiger partial charge in [0.25, 0.3) is 5.91 Å². The van der Waals surface area contributed by atoms with Gasteiger partial charge in [-0.05, 0) is 35.8 Å². The summed E-state index contributed by atoms with van der Waals surface area (Å²) in [5.74, 6) is 1.57. The maximum absolute atomic E-state index is 16.7. The molecular formula is C36H38FN9O5. The third-order valence-electron chi connectivity index (χ3n) is 9.38. The number of pyridine rings is 2. The van der Waals surface area contributed by atoms with E-state index < -0.39 is 5.82 Å². The van der Waals surface area contributed by atoms with E-state index in [-0.39, 0.29) is 36.0 Å². The summed E-state index contributed by atoms with van der Waals surface area (Å²) < 4.78 is 34.8. The second-order valence-corrected chi connectivity index (χ2v) is 12.3. The van der Waals surface area contributed by atoms with Crippen molar-refractivity contribution in [1.82, 2.24) is 39.7 Å². The fourth-order valence-corrected chi connectivity index (χ4v) is 6.68. The zero-order valence-corrected chi connectivity index (χ0v) is 28.6. The average Bonchev–Trinajstić information content (AvgIpc) is 3.88. The summed E-state index contributed by atoms with van der Waals surface area (Å²) >= 11 is 0. The lowest BCUT2D eigenvalue weighted by Gasteiger charge is -2.35. The van der Waals surface area contributed by atoms with Crippen LogP contribution in [0.5, 0.6) is 17.2 Å². The summed E-state index contributed by atoms with van der Waals surface area (Å²) in [4.78, 5) is 44.5. The van der Waals surface area contributed by atoms with Crippen molar-refractivity contribution in [2.24, 2.45) is 0 Å². The summed E-state index contributed by atoms with van der Waals surface area (Å²) in [6, 6.07) is 7.07. The van der Waals surface area contributed by atoms with Crippen molar-refractivity contribution in [3.63, 3.8) is 0 Å². The molecule has 1 N–H and O–H groups in total. The van der Waals surface area contributed by atoms with Gasteiger partial charge in [0, 0.05) is 80.7 Å². The fraction of sp³-hybridized carbons (Fsp3) is 0.333. The van der Waals surface area contributed by atoms with E-state index in [1.54, 1.807) is 91.1 Å². The van der Waals surface area contributed by atoms with E-state index in [1.807, 2.05) is 6.08 Å². The number of ether oxygens (including phenoxy) is 3. The van der Waals surface area contributed by atoms with Crippen LogP contribution in [0.2, 0.25) is 0 Å². The SMILES string of the molecule is COc1cnc(N2CCN(C(=O)c3cc4c(-c5ccncc5OC)cc(C5=CCCN(C(=O)CCn6ccnn6)C5)c(F)c4[nH]3)CC2)c(OC)c1. The van der Waals surface area contributed by atoms with Gasteiger partial charge in [-0.3, -0.25) is 19.3 Å². The molecule has 7 rings (SSSR count). The summed E-state index contributed by atoms with van der Waals surface area (Å²) in [5.41, 5.74) is 2.88. The highest BCUT2D eigenvalue weighted by atomic mass is 19.1. The Morgan fingerprint density at radius 3 is 2.47 bits per heavy atom. The van der Waals surface area contributed by atoms with Gasteiger partial charge >= 0.3 is 0 Å². The molecule has 0 radical (unpaired) electrons. The molecule has 0 spiro atoms. The van der Waals surface area contributed by atoms with E-state index in [0.29, 0.717) is 96.4 Å². The number of hydrogen-bond donors (Lipinski definition) is 1. The molecular weight excluding hydrogens is 657 g/mol. The smallest absolute Gasteiger partial charge is 0.270 e. The molecule has 15 heteroatoms. The zero-order chi connectivity index (χ0) is 35.5. The topological polar surface area (TPSA) is 144 Å². The molecule has 14 nitrogen and oxygen atoms in total. The highest BCUT2D eigenvalue weighted by Crippen LogP contribution is 2.40. The van der Waals surface area contributed by atoms with Crippen molar-refractivity contribution >= 4 is 34.1 Å². The first kappa shape index (κ1) is 33.5. The summed E-state index contributed by atoms with van der Waals surface area (Å²) in [7, 11) is 4.71. The molecule has 2 aliphatic rings. The third kappa shape index (κ3) is 6.66. The number of nitrogens with zero attached hydrogens (tertiary/aromatic N) is 8. The van der Waals surface area contributed by atoms with Gasteiger partial charge in [0.2, 0.25) is 5.91 Å². The number of benzene rings is 1. The molecule has 4 aromatic heterocycles. The number of fused-ring (bicyclic) bond motifs is 1. The van der Waals surface area contributed by atoms with Crippen LogP contribution in [0.3, 0.4) is 0 Å². The Hall–Kier alpha value is -5.99. The van der Waals surface area contributed by atoms with Gasteiger partial charge in [-0.1, -0.05) is 11.3 Å². The van der Waals surface area contributed by atoms with E-state index in [2.05, 4.69) is 30.2 Å². The number of anilines is 1. The number of carbonyl (C=O) groups excluding carboxylic acids is 2. The molecule has 2 aliphatic heterocycles. The van der Waals surface area contributed by atoms with Crippen LogP contribution in [0.4, 0.5) is 10.2 Å². The fourth-order valence-electron chi connectivity index (χ4n) is 6.68. The first-order valence-corrected chi connectivity index (χ1v) is 16.7. The normalized spacial score (nSPS) is 14.8. The Bertz CT molecular complexity index is 2090. The molecule has 1 saturated heterocycles. The van der Waals surface area contributed by atoms with Crippen LogP contribution in [0.15, 0.2) is 61.3 Å². The van der Waals surface area contributed by atoms with Crippen LogP contribution in [0.25, 0.3) is 27.6 Å². The molecule has 0 bridgehead atoms. The maximum Gasteiger partial charge on any atom is 0.270 e. The second kappa shape index (κ2) is 14.5. The minimum Gasteiger partial charge on any atom is -0.495 e. The number of aromatic nitrogens is 6. The molecule has 0 atom stereocenters. The minimum absolute atomic E-state index is 0.0531. The van der Waals surface area contributed by atoms with Gasteiger partial charge < -0.3 is 33.9 Å². The number of aryl methyl sites for hydroxylation is 1. The van der Waals surface area contributed by atoms with Crippen LogP contribution < -0.4 is 19.1 Å². The van der Waals surface area contributed by atoms with Gasteiger partial charge in [0.05, 0.1) is 52.0 Å². The Balaban J connectivity index is 1.18. The lowest BCUT2D eigenvalue weighted by Crippen LogP contribution is -2.49. The highest BCUT2D eigenvalue weighted by Gasteiger charge is 2.29. The summed E-state index contributed by atoms with van der Waals surface area (Å²) in [5, 5.41) is 8.27. The number of hydrogen-bond acceptors (Lipinski definition) is 10. The molecule has 0 saturated carbocycles. The number of nitrogens with one attached hydrogen (secondary N) is 1. The van der Waals surface area contributed by atoms with Gasteiger partial charge in [-0.2, -0.15) is 0 Å². The average molecular weight is 696 g/mol. The molecule has 1 fully saturated rings. The molecule has 2 amide bonds. The maximum atomic E-state index is 16.7. The Kier molecular flexibility index (Phi) is 9.51. The second-order valence-electron chi connectivity index (χ2n) is 12.3. The van der Waals surface area contributed by atoms with Crippen molar-refractivity contribution in [2.45, 2.75) is 19.4 Å². The summed E-state index contributed by atoms with van der Waals surface area (Å²) in [6.45, 7) is 3.10. The molecule has 0 aliphatic carbocycles. The van der Waals surface area contributed by atoms with E-state index in [1.165, 1.54) is 0 Å². The van der Waals surface area contributed by atoms with Crippen molar-refractivity contribution in [1.29, 1.82) is 0 Å². The Morgan fingerprint density at radius 2 is 1.73 bits per heavy atom. The highest BCUT2D eigenvalue weighted by molar-refractivity contribution is 6.05. The standard InChI is InChI=1S/C36H38FN9O5/c1-49-24-17-30(50-2)35(39-20-24)43-13-15-44(16-14-43)36(48)29-19-28-27(25-6-8-38-21-31(25)51-3)18-26(33(37)34(28)41-29)23-5-4-10-45(22-23)32(47)7-11-46-12-9-40-42-46/h5-6,8-9,12,17-21,41H,4,7,10-11,13-16,22H2,1-3H3. The number of H-pyrrole nitrogens is 1. The van der Waals surface area contributed by atoms with E-state index in [4.69, 9.17) is 14.2 Å². The number of halogens is 1. The van der Waals surface area contributed by atoms with Gasteiger partial charge in [0.1, 0.15) is 17.2 Å². The number of methoxy groups -OCH3 is 3. The van der Waals surface area contributed by atoms with E-state index >= 15 is 4.39 Å². The Labute approximate surface area is 293 Å². The Morgan fingerprint density at radius 1 is 0.902 bits per heavy atom. The van der Waals surface area contributed by atoms with Crippen molar-refractivity contribution in [2.75, 3.05) is 65.5 Å². The molecule has 1 aromatic carbocycles. The van der Waals surface area contributed by atoms with Crippen LogP contribution in [-0.2, 0) is 11.3 Å². The minimum atomic E-state index is -0.494. The number of carbonyl (C=O) groups is 2. The number of piperazine rings is 1. The number of rotatable bonds is 10. The predicted molar refractivity (Wildman–Crippen MR) is 187 cm³/mol. The molecule has 5 aromatic rings. The largest absolute Gasteiger partial charge is 0.495 e. The molecule has 51 heavy (non-hydrogen) atoms. The van der Waals surface area contributed by atoms with Gasteiger partial charge in [0.15, 0.2) is 17.4 Å². The lowest BCUT2D eigenvalue weighted by atomic mass is 9.93. The monoisotopic (exact) mass is 695 g/mol. The zero-order valence-electron chi connectivity index (χ0n) is 28.6. The van der Waals surface area contributed by atoms with Crippen LogP contribution in [0, 0.1) is 5.82 Å². The number of aromatic amines is 1. The van der Waals surface area contributed by atoms with Gasteiger partial charge in [-0.25, -0.2) is 9.37 Å². The van der Waals surface area contributed by atoms with Gasteiger partial charge in [-0.15, -0.1) is 5.10 Å². The summed E-state index contributed by atoms with van der Waals surface area (Å²) in [6.07, 6.45) is 11.0. The van der Waals surface area contributed by atoms with Crippen LogP contribution in [0.1, 0.15) is 28.9 Å². The molecule has 264 valence electrons. The van der Waals surface area contributed by atoms with E-state index in [9.17, 15) is 9.59 Å². The van der Waals surface area contributed by atoms with E-state index in [0.717, 1.165) is 0 Å². The third-order valence-corrected chi connectivity index (χ3v) is 9.38.